The molecule has 0 bridgehead atoms. The number of halogens is 1. The molecule has 0 saturated carbocycles. The summed E-state index contributed by atoms with van der Waals surface area (Å²) in [5.74, 6) is 0.206. The number of rotatable bonds is 4. The van der Waals surface area contributed by atoms with Crippen LogP contribution in [0.3, 0.4) is 0 Å². The monoisotopic (exact) mass is 398 g/mol. The lowest BCUT2D eigenvalue weighted by Crippen LogP contribution is -2.52. The standard InChI is InChI=1S/C15H19ClN6O3S/c1-11(2)26(24,25)22-5-3-20(4-6-22)15(23)12-7-13(16)14(17-8-12)21-9-18-19-10-21/h7-11H,3-6H2,1-2H3. The number of carbonyl (C=O) groups excluding carboxylic acids is 1. The smallest absolute Gasteiger partial charge is 0.255 e. The molecule has 3 heterocycles. The van der Waals surface area contributed by atoms with Crippen molar-refractivity contribution >= 4 is 27.5 Å². The van der Waals surface area contributed by atoms with E-state index in [2.05, 4.69) is 15.2 Å². The van der Waals surface area contributed by atoms with Gasteiger partial charge < -0.3 is 4.90 Å². The average Bonchev–Trinajstić information content (AvgIpc) is 3.15. The Balaban J connectivity index is 1.70. The summed E-state index contributed by atoms with van der Waals surface area (Å²) in [5.41, 5.74) is 0.354. The largest absolute Gasteiger partial charge is 0.336 e. The van der Waals surface area contributed by atoms with Crippen molar-refractivity contribution in [1.82, 2.24) is 29.0 Å². The van der Waals surface area contributed by atoms with Gasteiger partial charge in [-0.25, -0.2) is 13.4 Å². The van der Waals surface area contributed by atoms with Crippen LogP contribution in [0.15, 0.2) is 24.9 Å². The number of piperazine rings is 1. The van der Waals surface area contributed by atoms with Gasteiger partial charge >= 0.3 is 0 Å². The molecule has 2 aromatic heterocycles. The number of hydrogen-bond donors (Lipinski definition) is 0. The van der Waals surface area contributed by atoms with Crippen molar-refractivity contribution in [2.75, 3.05) is 26.2 Å². The molecule has 9 nitrogen and oxygen atoms in total. The second-order valence-corrected chi connectivity index (χ2v) is 9.08. The van der Waals surface area contributed by atoms with Gasteiger partial charge in [0.2, 0.25) is 10.0 Å². The highest BCUT2D eigenvalue weighted by molar-refractivity contribution is 7.89. The Kier molecular flexibility index (Phi) is 5.26. The van der Waals surface area contributed by atoms with Crippen molar-refractivity contribution in [2.24, 2.45) is 0 Å². The summed E-state index contributed by atoms with van der Waals surface area (Å²) >= 11 is 6.22. The molecular formula is C15H19ClN6O3S. The molecule has 0 radical (unpaired) electrons. The van der Waals surface area contributed by atoms with Gasteiger partial charge in [0.25, 0.3) is 5.91 Å². The van der Waals surface area contributed by atoms with Crippen LogP contribution in [0.2, 0.25) is 5.02 Å². The number of sulfonamides is 1. The Morgan fingerprint density at radius 3 is 2.31 bits per heavy atom. The van der Waals surface area contributed by atoms with Crippen LogP contribution in [-0.4, -0.2) is 74.7 Å². The number of pyridine rings is 1. The minimum Gasteiger partial charge on any atom is -0.336 e. The van der Waals surface area contributed by atoms with Crippen molar-refractivity contribution in [3.63, 3.8) is 0 Å². The molecule has 0 spiro atoms. The van der Waals surface area contributed by atoms with E-state index < -0.39 is 15.3 Å². The second-order valence-electron chi connectivity index (χ2n) is 6.18. The fourth-order valence-electron chi connectivity index (χ4n) is 2.67. The maximum Gasteiger partial charge on any atom is 0.255 e. The molecule has 1 amide bonds. The highest BCUT2D eigenvalue weighted by Gasteiger charge is 2.31. The van der Waals surface area contributed by atoms with Crippen molar-refractivity contribution < 1.29 is 13.2 Å². The highest BCUT2D eigenvalue weighted by Crippen LogP contribution is 2.20. The summed E-state index contributed by atoms with van der Waals surface area (Å²) in [6, 6.07) is 1.55. The number of hydrogen-bond acceptors (Lipinski definition) is 6. The zero-order valence-electron chi connectivity index (χ0n) is 14.4. The highest BCUT2D eigenvalue weighted by atomic mass is 35.5. The van der Waals surface area contributed by atoms with Crippen LogP contribution in [0.5, 0.6) is 0 Å². The van der Waals surface area contributed by atoms with Gasteiger partial charge in [0.05, 0.1) is 15.8 Å². The Labute approximate surface area is 156 Å². The van der Waals surface area contributed by atoms with E-state index in [1.807, 2.05) is 0 Å². The molecule has 1 aliphatic heterocycles. The van der Waals surface area contributed by atoms with Gasteiger partial charge in [0.15, 0.2) is 5.82 Å². The zero-order chi connectivity index (χ0) is 18.9. The first-order chi connectivity index (χ1) is 12.3. The van der Waals surface area contributed by atoms with Crippen molar-refractivity contribution in [3.05, 3.63) is 35.5 Å². The van der Waals surface area contributed by atoms with Gasteiger partial charge in [-0.1, -0.05) is 11.6 Å². The minimum atomic E-state index is -3.30. The van der Waals surface area contributed by atoms with Crippen LogP contribution in [0.25, 0.3) is 5.82 Å². The molecule has 0 atom stereocenters. The molecule has 0 unspecified atom stereocenters. The molecule has 0 aromatic carbocycles. The van der Waals surface area contributed by atoms with Crippen LogP contribution < -0.4 is 0 Å². The van der Waals surface area contributed by atoms with Gasteiger partial charge in [-0.2, -0.15) is 4.31 Å². The molecular weight excluding hydrogens is 380 g/mol. The van der Waals surface area contributed by atoms with Crippen LogP contribution in [0.4, 0.5) is 0 Å². The summed E-state index contributed by atoms with van der Waals surface area (Å²) in [7, 11) is -3.30. The molecule has 3 rings (SSSR count). The van der Waals surface area contributed by atoms with E-state index in [0.717, 1.165) is 0 Å². The molecule has 140 valence electrons. The molecule has 11 heteroatoms. The van der Waals surface area contributed by atoms with Crippen LogP contribution in [-0.2, 0) is 10.0 Å². The third-order valence-electron chi connectivity index (χ3n) is 4.21. The number of carbonyl (C=O) groups is 1. The molecule has 2 aromatic rings. The van der Waals surface area contributed by atoms with Crippen LogP contribution in [0, 0.1) is 0 Å². The third kappa shape index (κ3) is 3.57. The zero-order valence-corrected chi connectivity index (χ0v) is 16.0. The first kappa shape index (κ1) is 18.7. The Bertz CT molecular complexity index is 892. The third-order valence-corrected chi connectivity index (χ3v) is 6.77. The predicted molar refractivity (Wildman–Crippen MR) is 95.7 cm³/mol. The number of aromatic nitrogens is 4. The summed E-state index contributed by atoms with van der Waals surface area (Å²) in [6.45, 7) is 4.53. The maximum atomic E-state index is 12.7. The van der Waals surface area contributed by atoms with E-state index in [-0.39, 0.29) is 19.0 Å². The first-order valence-electron chi connectivity index (χ1n) is 8.09. The summed E-state index contributed by atoms with van der Waals surface area (Å²) in [5, 5.41) is 7.22. The van der Waals surface area contributed by atoms with Crippen molar-refractivity contribution in [1.29, 1.82) is 0 Å². The fraction of sp³-hybridized carbons (Fsp3) is 0.467. The molecule has 1 fully saturated rings. The van der Waals surface area contributed by atoms with Gasteiger partial charge in [0.1, 0.15) is 12.7 Å². The van der Waals surface area contributed by atoms with Gasteiger partial charge in [-0.15, -0.1) is 10.2 Å². The van der Waals surface area contributed by atoms with Gasteiger partial charge in [-0.05, 0) is 19.9 Å². The summed E-state index contributed by atoms with van der Waals surface area (Å²) < 4.78 is 27.4. The quantitative estimate of drug-likeness (QED) is 0.755. The lowest BCUT2D eigenvalue weighted by Gasteiger charge is -2.34. The van der Waals surface area contributed by atoms with Crippen molar-refractivity contribution in [3.8, 4) is 5.82 Å². The normalized spacial score (nSPS) is 16.2. The van der Waals surface area contributed by atoms with E-state index in [0.29, 0.717) is 29.5 Å². The summed E-state index contributed by atoms with van der Waals surface area (Å²) in [6.07, 6.45) is 4.37. The SMILES string of the molecule is CC(C)S(=O)(=O)N1CCN(C(=O)c2cnc(-n3cnnc3)c(Cl)c2)CC1. The predicted octanol–water partition coefficient (Wildman–Crippen LogP) is 0.812. The average molecular weight is 399 g/mol. The number of amides is 1. The van der Waals surface area contributed by atoms with Gasteiger partial charge in [-0.3, -0.25) is 9.36 Å². The molecule has 0 N–H and O–H groups in total. The second kappa shape index (κ2) is 7.29. The maximum absolute atomic E-state index is 12.7. The first-order valence-corrected chi connectivity index (χ1v) is 9.97. The Hall–Kier alpha value is -2.04. The summed E-state index contributed by atoms with van der Waals surface area (Å²) in [4.78, 5) is 18.5. The van der Waals surface area contributed by atoms with E-state index in [9.17, 15) is 13.2 Å². The Morgan fingerprint density at radius 2 is 1.77 bits per heavy atom. The van der Waals surface area contributed by atoms with Gasteiger partial charge in [0, 0.05) is 32.4 Å². The van der Waals surface area contributed by atoms with Crippen LogP contribution in [0.1, 0.15) is 24.2 Å². The lowest BCUT2D eigenvalue weighted by atomic mass is 10.2. The number of nitrogens with zero attached hydrogens (tertiary/aromatic N) is 6. The van der Waals surface area contributed by atoms with E-state index in [1.165, 1.54) is 23.2 Å². The molecule has 26 heavy (non-hydrogen) atoms. The van der Waals surface area contributed by atoms with E-state index >= 15 is 0 Å². The fourth-order valence-corrected chi connectivity index (χ4v) is 4.21. The lowest BCUT2D eigenvalue weighted by molar-refractivity contribution is 0.0697. The Morgan fingerprint density at radius 1 is 1.15 bits per heavy atom. The molecule has 1 aliphatic rings. The van der Waals surface area contributed by atoms with Crippen molar-refractivity contribution in [2.45, 2.75) is 19.1 Å². The topological polar surface area (TPSA) is 101 Å². The molecule has 0 aliphatic carbocycles. The minimum absolute atomic E-state index is 0.226. The van der Waals surface area contributed by atoms with E-state index in [4.69, 9.17) is 11.6 Å². The molecule has 1 saturated heterocycles. The van der Waals surface area contributed by atoms with Crippen LogP contribution >= 0.6 is 11.6 Å². The van der Waals surface area contributed by atoms with E-state index in [1.54, 1.807) is 29.4 Å².